The molecule has 0 aliphatic heterocycles. The van der Waals surface area contributed by atoms with Gasteiger partial charge in [-0.25, -0.2) is 9.37 Å². The van der Waals surface area contributed by atoms with Gasteiger partial charge < -0.3 is 14.8 Å². The van der Waals surface area contributed by atoms with Crippen molar-refractivity contribution in [3.8, 4) is 17.0 Å². The molecular weight excluding hydrogens is 211 g/mol. The molecule has 0 aliphatic rings. The van der Waals surface area contributed by atoms with E-state index in [0.717, 1.165) is 0 Å². The van der Waals surface area contributed by atoms with Crippen LogP contribution in [0.1, 0.15) is 5.82 Å². The number of aromatic nitrogens is 2. The summed E-state index contributed by atoms with van der Waals surface area (Å²) in [7, 11) is 1.47. The minimum atomic E-state index is -0.396. The fourth-order valence-corrected chi connectivity index (χ4v) is 1.51. The molecule has 0 fully saturated rings. The molecule has 5 heteroatoms. The van der Waals surface area contributed by atoms with Crippen LogP contribution in [-0.2, 0) is 6.61 Å². The number of nitrogens with one attached hydrogen (secondary N) is 1. The first kappa shape index (κ1) is 10.6. The van der Waals surface area contributed by atoms with Gasteiger partial charge in [-0.15, -0.1) is 0 Å². The maximum atomic E-state index is 13.6. The second kappa shape index (κ2) is 4.32. The van der Waals surface area contributed by atoms with Crippen LogP contribution in [0.3, 0.4) is 0 Å². The molecule has 0 amide bonds. The van der Waals surface area contributed by atoms with E-state index in [2.05, 4.69) is 9.97 Å². The van der Waals surface area contributed by atoms with E-state index in [1.54, 1.807) is 12.1 Å². The largest absolute Gasteiger partial charge is 0.496 e. The van der Waals surface area contributed by atoms with Crippen molar-refractivity contribution < 1.29 is 14.2 Å². The van der Waals surface area contributed by atoms with E-state index in [9.17, 15) is 4.39 Å². The molecule has 0 radical (unpaired) electrons. The minimum absolute atomic E-state index is 0.212. The summed E-state index contributed by atoms with van der Waals surface area (Å²) < 4.78 is 18.7. The normalized spacial score (nSPS) is 10.4. The predicted octanol–water partition coefficient (Wildman–Crippen LogP) is 1.72. The fourth-order valence-electron chi connectivity index (χ4n) is 1.51. The van der Waals surface area contributed by atoms with Gasteiger partial charge >= 0.3 is 0 Å². The molecule has 2 N–H and O–H groups in total. The molecule has 0 saturated heterocycles. The number of aliphatic hydroxyl groups is 1. The van der Waals surface area contributed by atoms with Crippen molar-refractivity contribution in [2.75, 3.05) is 7.11 Å². The van der Waals surface area contributed by atoms with Gasteiger partial charge in [0.05, 0.1) is 24.6 Å². The standard InChI is InChI=1S/C11H11FN2O2/c1-16-9-4-2-3-7(12)11(9)8-5-13-10(6-15)14-8/h2-5,15H,6H2,1H3,(H,13,14). The molecule has 4 nitrogen and oxygen atoms in total. The quantitative estimate of drug-likeness (QED) is 0.831. The average molecular weight is 222 g/mol. The molecule has 84 valence electrons. The summed E-state index contributed by atoms with van der Waals surface area (Å²) in [6, 6.07) is 4.58. The van der Waals surface area contributed by atoms with E-state index in [1.165, 1.54) is 19.4 Å². The Morgan fingerprint density at radius 2 is 2.31 bits per heavy atom. The van der Waals surface area contributed by atoms with Gasteiger partial charge in [0.15, 0.2) is 0 Å². The smallest absolute Gasteiger partial charge is 0.136 e. The Labute approximate surface area is 91.7 Å². The molecule has 0 unspecified atom stereocenters. The predicted molar refractivity (Wildman–Crippen MR) is 56.5 cm³/mol. The lowest BCUT2D eigenvalue weighted by atomic mass is 10.1. The average Bonchev–Trinajstić information content (AvgIpc) is 2.76. The molecule has 0 bridgehead atoms. The van der Waals surface area contributed by atoms with Gasteiger partial charge in [0, 0.05) is 0 Å². The van der Waals surface area contributed by atoms with Gasteiger partial charge in [0.25, 0.3) is 0 Å². The van der Waals surface area contributed by atoms with Crippen LogP contribution in [-0.4, -0.2) is 22.2 Å². The first-order valence-corrected chi connectivity index (χ1v) is 4.74. The number of rotatable bonds is 3. The number of nitrogens with zero attached hydrogens (tertiary/aromatic N) is 1. The van der Waals surface area contributed by atoms with Crippen LogP contribution in [0.15, 0.2) is 24.4 Å². The second-order valence-corrected chi connectivity index (χ2v) is 3.22. The van der Waals surface area contributed by atoms with Crippen LogP contribution in [0.2, 0.25) is 0 Å². The number of hydrogen-bond acceptors (Lipinski definition) is 3. The highest BCUT2D eigenvalue weighted by Crippen LogP contribution is 2.30. The van der Waals surface area contributed by atoms with Crippen molar-refractivity contribution in [2.45, 2.75) is 6.61 Å². The summed E-state index contributed by atoms with van der Waals surface area (Å²) in [4.78, 5) is 6.71. The van der Waals surface area contributed by atoms with Crippen LogP contribution in [0.5, 0.6) is 5.75 Å². The van der Waals surface area contributed by atoms with Crippen LogP contribution < -0.4 is 4.74 Å². The number of halogens is 1. The first-order valence-electron chi connectivity index (χ1n) is 4.74. The number of ether oxygens (including phenoxy) is 1. The lowest BCUT2D eigenvalue weighted by molar-refractivity contribution is 0.272. The SMILES string of the molecule is COc1cccc(F)c1-c1cnc(CO)[nH]1. The van der Waals surface area contributed by atoms with Crippen LogP contribution in [0, 0.1) is 5.82 Å². The van der Waals surface area contributed by atoms with Gasteiger partial charge in [-0.3, -0.25) is 0 Å². The monoisotopic (exact) mass is 222 g/mol. The van der Waals surface area contributed by atoms with Gasteiger partial charge in [-0.05, 0) is 12.1 Å². The van der Waals surface area contributed by atoms with Crippen molar-refractivity contribution in [2.24, 2.45) is 0 Å². The summed E-state index contributed by atoms with van der Waals surface area (Å²) in [6.07, 6.45) is 1.46. The van der Waals surface area contributed by atoms with E-state index in [1.807, 2.05) is 0 Å². The molecule has 1 heterocycles. The van der Waals surface area contributed by atoms with E-state index in [-0.39, 0.29) is 6.61 Å². The number of benzene rings is 1. The van der Waals surface area contributed by atoms with Crippen LogP contribution in [0.4, 0.5) is 4.39 Å². The Hall–Kier alpha value is -1.88. The molecule has 0 saturated carbocycles. The van der Waals surface area contributed by atoms with Gasteiger partial charge in [0.1, 0.15) is 24.0 Å². The molecule has 0 aliphatic carbocycles. The highest BCUT2D eigenvalue weighted by atomic mass is 19.1. The number of hydrogen-bond donors (Lipinski definition) is 2. The van der Waals surface area contributed by atoms with Crippen molar-refractivity contribution in [3.63, 3.8) is 0 Å². The molecule has 1 aromatic carbocycles. The first-order chi connectivity index (χ1) is 7.76. The summed E-state index contributed by atoms with van der Waals surface area (Å²) in [5.41, 5.74) is 0.802. The molecule has 2 aromatic rings. The molecular formula is C11H11FN2O2. The molecule has 16 heavy (non-hydrogen) atoms. The lowest BCUT2D eigenvalue weighted by Gasteiger charge is -2.07. The van der Waals surface area contributed by atoms with E-state index < -0.39 is 5.82 Å². The fraction of sp³-hybridized carbons (Fsp3) is 0.182. The van der Waals surface area contributed by atoms with E-state index in [0.29, 0.717) is 22.8 Å². The molecule has 2 rings (SSSR count). The third-order valence-electron chi connectivity index (χ3n) is 2.24. The van der Waals surface area contributed by atoms with Crippen LogP contribution in [0.25, 0.3) is 11.3 Å². The van der Waals surface area contributed by atoms with Gasteiger partial charge in [-0.1, -0.05) is 6.07 Å². The zero-order valence-electron chi connectivity index (χ0n) is 8.70. The Morgan fingerprint density at radius 1 is 1.50 bits per heavy atom. The molecule has 0 atom stereocenters. The third kappa shape index (κ3) is 1.77. The Kier molecular flexibility index (Phi) is 2.87. The van der Waals surface area contributed by atoms with Crippen molar-refractivity contribution >= 4 is 0 Å². The zero-order chi connectivity index (χ0) is 11.5. The van der Waals surface area contributed by atoms with Crippen LogP contribution >= 0.6 is 0 Å². The Balaban J connectivity index is 2.53. The number of H-pyrrole nitrogens is 1. The number of aromatic amines is 1. The third-order valence-corrected chi connectivity index (χ3v) is 2.24. The Bertz CT molecular complexity index is 496. The van der Waals surface area contributed by atoms with Crippen molar-refractivity contribution in [1.29, 1.82) is 0 Å². The van der Waals surface area contributed by atoms with Gasteiger partial charge in [-0.2, -0.15) is 0 Å². The summed E-state index contributed by atoms with van der Waals surface area (Å²) >= 11 is 0. The number of aliphatic hydroxyl groups excluding tert-OH is 1. The highest BCUT2D eigenvalue weighted by Gasteiger charge is 2.13. The number of imidazole rings is 1. The topological polar surface area (TPSA) is 58.1 Å². The number of methoxy groups -OCH3 is 1. The summed E-state index contributed by atoms with van der Waals surface area (Å²) in [5.74, 6) is 0.418. The Morgan fingerprint density at radius 3 is 2.94 bits per heavy atom. The van der Waals surface area contributed by atoms with E-state index >= 15 is 0 Å². The summed E-state index contributed by atoms with van der Waals surface area (Å²) in [5, 5.41) is 8.87. The van der Waals surface area contributed by atoms with Gasteiger partial charge in [0.2, 0.25) is 0 Å². The maximum Gasteiger partial charge on any atom is 0.136 e. The molecule has 0 spiro atoms. The summed E-state index contributed by atoms with van der Waals surface area (Å²) in [6.45, 7) is -0.212. The minimum Gasteiger partial charge on any atom is -0.496 e. The van der Waals surface area contributed by atoms with Crippen molar-refractivity contribution in [3.05, 3.63) is 36.0 Å². The lowest BCUT2D eigenvalue weighted by Crippen LogP contribution is -1.92. The maximum absolute atomic E-state index is 13.6. The van der Waals surface area contributed by atoms with E-state index in [4.69, 9.17) is 9.84 Å². The van der Waals surface area contributed by atoms with Crippen molar-refractivity contribution in [1.82, 2.24) is 9.97 Å². The highest BCUT2D eigenvalue weighted by molar-refractivity contribution is 5.67. The second-order valence-electron chi connectivity index (χ2n) is 3.22. The molecule has 1 aromatic heterocycles. The zero-order valence-corrected chi connectivity index (χ0v) is 8.70.